The van der Waals surface area contributed by atoms with Crippen LogP contribution in [0.2, 0.25) is 0 Å². The normalized spacial score (nSPS) is 21.2. The van der Waals surface area contributed by atoms with E-state index in [1.165, 1.54) is 0 Å². The zero-order valence-electron chi connectivity index (χ0n) is 17.8. The molecule has 2 aliphatic rings. The Bertz CT molecular complexity index is 1010. The number of carbonyl (C=O) groups is 2. The second kappa shape index (κ2) is 9.85. The Balaban J connectivity index is 1.72. The van der Waals surface area contributed by atoms with Gasteiger partial charge in [-0.1, -0.05) is 40.2 Å². The van der Waals surface area contributed by atoms with Crippen molar-refractivity contribution in [2.24, 2.45) is 0 Å². The maximum absolute atomic E-state index is 13.1. The average molecular weight is 501 g/mol. The van der Waals surface area contributed by atoms with E-state index < -0.39 is 17.7 Å². The average Bonchev–Trinajstić information content (AvgIpc) is 3.08. The topological polar surface area (TPSA) is 79.3 Å². The van der Waals surface area contributed by atoms with Gasteiger partial charge in [-0.2, -0.15) is 0 Å². The van der Waals surface area contributed by atoms with Gasteiger partial charge in [-0.25, -0.2) is 0 Å². The van der Waals surface area contributed by atoms with Crippen LogP contribution in [0.25, 0.3) is 5.76 Å². The third-order valence-electron chi connectivity index (χ3n) is 5.85. The van der Waals surface area contributed by atoms with Crippen LogP contribution >= 0.6 is 15.9 Å². The molecule has 2 aromatic carbocycles. The van der Waals surface area contributed by atoms with Crippen LogP contribution in [0.1, 0.15) is 17.2 Å². The van der Waals surface area contributed by atoms with E-state index >= 15 is 0 Å². The Morgan fingerprint density at radius 3 is 2.34 bits per heavy atom. The molecule has 1 N–H and O–H groups in total. The number of aliphatic hydroxyl groups excluding tert-OH is 1. The number of morpholine rings is 1. The number of amides is 1. The maximum atomic E-state index is 13.1. The zero-order valence-corrected chi connectivity index (χ0v) is 19.4. The Morgan fingerprint density at radius 2 is 1.72 bits per heavy atom. The van der Waals surface area contributed by atoms with E-state index in [-0.39, 0.29) is 11.3 Å². The van der Waals surface area contributed by atoms with Gasteiger partial charge in [0.25, 0.3) is 11.7 Å². The fourth-order valence-corrected chi connectivity index (χ4v) is 4.34. The van der Waals surface area contributed by atoms with Crippen molar-refractivity contribution in [2.45, 2.75) is 6.04 Å². The number of carbonyl (C=O) groups excluding carboxylic acids is 2. The van der Waals surface area contributed by atoms with Gasteiger partial charge < -0.3 is 19.5 Å². The van der Waals surface area contributed by atoms with E-state index in [1.54, 1.807) is 48.4 Å². The van der Waals surface area contributed by atoms with Crippen LogP contribution in [0.4, 0.5) is 0 Å². The van der Waals surface area contributed by atoms with Crippen molar-refractivity contribution >= 4 is 33.4 Å². The SMILES string of the molecule is COc1ccc([C@H]2/C(=C(\O)c3ccc(Br)cc3)C(=O)C(=O)N2CCN2CCOCC2)cc1. The minimum atomic E-state index is -0.675. The van der Waals surface area contributed by atoms with Crippen LogP contribution in [-0.2, 0) is 14.3 Å². The lowest BCUT2D eigenvalue weighted by Gasteiger charge is -2.31. The lowest BCUT2D eigenvalue weighted by molar-refractivity contribution is -0.140. The van der Waals surface area contributed by atoms with E-state index in [1.807, 2.05) is 12.1 Å². The molecule has 4 rings (SSSR count). The Kier molecular flexibility index (Phi) is 6.93. The molecule has 2 fully saturated rings. The Labute approximate surface area is 195 Å². The second-order valence-electron chi connectivity index (χ2n) is 7.73. The van der Waals surface area contributed by atoms with Gasteiger partial charge in [0.05, 0.1) is 31.9 Å². The summed E-state index contributed by atoms with van der Waals surface area (Å²) in [5.41, 5.74) is 1.33. The number of methoxy groups -OCH3 is 1. The number of Topliss-reactive ketones (excluding diaryl/α,β-unsaturated/α-hetero) is 1. The molecule has 7 nitrogen and oxygen atoms in total. The third kappa shape index (κ3) is 4.57. The number of rotatable bonds is 6. The minimum absolute atomic E-state index is 0.101. The molecule has 0 aliphatic carbocycles. The number of nitrogens with zero attached hydrogens (tertiary/aromatic N) is 2. The first-order valence-corrected chi connectivity index (χ1v) is 11.3. The number of aliphatic hydroxyl groups is 1. The fourth-order valence-electron chi connectivity index (χ4n) is 4.08. The van der Waals surface area contributed by atoms with Crippen molar-refractivity contribution < 1.29 is 24.2 Å². The van der Waals surface area contributed by atoms with Gasteiger partial charge in [-0.05, 0) is 29.8 Å². The lowest BCUT2D eigenvalue weighted by Crippen LogP contribution is -2.42. The predicted molar refractivity (Wildman–Crippen MR) is 123 cm³/mol. The molecule has 8 heteroatoms. The van der Waals surface area contributed by atoms with Crippen LogP contribution < -0.4 is 4.74 Å². The number of halogens is 1. The number of ketones is 1. The minimum Gasteiger partial charge on any atom is -0.507 e. The van der Waals surface area contributed by atoms with Gasteiger partial charge in [0.2, 0.25) is 0 Å². The first-order valence-electron chi connectivity index (χ1n) is 10.5. The number of benzene rings is 2. The molecule has 1 amide bonds. The summed E-state index contributed by atoms with van der Waals surface area (Å²) in [6.07, 6.45) is 0. The number of hydrogen-bond acceptors (Lipinski definition) is 6. The van der Waals surface area contributed by atoms with Gasteiger partial charge in [-0.15, -0.1) is 0 Å². The Hall–Kier alpha value is -2.68. The first kappa shape index (κ1) is 22.5. The molecule has 2 aromatic rings. The maximum Gasteiger partial charge on any atom is 0.295 e. The van der Waals surface area contributed by atoms with E-state index in [2.05, 4.69) is 20.8 Å². The summed E-state index contributed by atoms with van der Waals surface area (Å²) in [5, 5.41) is 11.1. The zero-order chi connectivity index (χ0) is 22.7. The van der Waals surface area contributed by atoms with Crippen LogP contribution in [0.15, 0.2) is 58.6 Å². The van der Waals surface area contributed by atoms with Crippen molar-refractivity contribution in [1.29, 1.82) is 0 Å². The van der Waals surface area contributed by atoms with Crippen molar-refractivity contribution in [3.8, 4) is 5.75 Å². The fraction of sp³-hybridized carbons (Fsp3) is 0.333. The molecule has 0 unspecified atom stereocenters. The highest BCUT2D eigenvalue weighted by Gasteiger charge is 2.46. The first-order chi connectivity index (χ1) is 15.5. The van der Waals surface area contributed by atoms with Crippen molar-refractivity contribution in [3.63, 3.8) is 0 Å². The van der Waals surface area contributed by atoms with E-state index in [0.717, 1.165) is 23.1 Å². The van der Waals surface area contributed by atoms with Gasteiger partial charge in [0, 0.05) is 36.2 Å². The Morgan fingerprint density at radius 1 is 1.06 bits per heavy atom. The van der Waals surface area contributed by atoms with Crippen LogP contribution in [0, 0.1) is 0 Å². The standard InChI is InChI=1S/C24H25BrN2O5/c1-31-19-8-4-16(5-9-19)21-20(22(28)17-2-6-18(25)7-3-17)23(29)24(30)27(21)11-10-26-12-14-32-15-13-26/h2-9,21,28H,10-15H2,1H3/b22-20+/t21-/m0/s1. The monoisotopic (exact) mass is 500 g/mol. The summed E-state index contributed by atoms with van der Waals surface area (Å²) < 4.78 is 11.5. The van der Waals surface area contributed by atoms with Crippen molar-refractivity contribution in [1.82, 2.24) is 9.80 Å². The molecular formula is C24H25BrN2O5. The van der Waals surface area contributed by atoms with Crippen LogP contribution in [0.3, 0.4) is 0 Å². The molecule has 0 saturated carbocycles. The summed E-state index contributed by atoms with van der Waals surface area (Å²) in [6.45, 7) is 3.89. The summed E-state index contributed by atoms with van der Waals surface area (Å²) in [7, 11) is 1.58. The molecule has 32 heavy (non-hydrogen) atoms. The van der Waals surface area contributed by atoms with Gasteiger partial charge in [0.1, 0.15) is 11.5 Å². The summed E-state index contributed by atoms with van der Waals surface area (Å²) in [4.78, 5) is 29.9. The molecule has 2 heterocycles. The summed E-state index contributed by atoms with van der Waals surface area (Å²) >= 11 is 3.38. The molecule has 0 aromatic heterocycles. The third-order valence-corrected chi connectivity index (χ3v) is 6.38. The summed E-state index contributed by atoms with van der Waals surface area (Å²) in [6, 6.07) is 13.5. The van der Waals surface area contributed by atoms with E-state index in [0.29, 0.717) is 37.6 Å². The van der Waals surface area contributed by atoms with Crippen molar-refractivity contribution in [3.05, 3.63) is 69.7 Å². The van der Waals surface area contributed by atoms with Gasteiger partial charge >= 0.3 is 0 Å². The molecule has 0 bridgehead atoms. The largest absolute Gasteiger partial charge is 0.507 e. The molecule has 0 radical (unpaired) electrons. The van der Waals surface area contributed by atoms with Crippen LogP contribution in [-0.4, -0.2) is 73.1 Å². The highest BCUT2D eigenvalue weighted by atomic mass is 79.9. The van der Waals surface area contributed by atoms with Crippen LogP contribution in [0.5, 0.6) is 5.75 Å². The molecule has 0 spiro atoms. The second-order valence-corrected chi connectivity index (χ2v) is 8.64. The number of hydrogen-bond donors (Lipinski definition) is 1. The predicted octanol–water partition coefficient (Wildman–Crippen LogP) is 3.21. The van der Waals surface area contributed by atoms with Crippen molar-refractivity contribution in [2.75, 3.05) is 46.5 Å². The molecule has 2 aliphatic heterocycles. The smallest absolute Gasteiger partial charge is 0.295 e. The van der Waals surface area contributed by atoms with Gasteiger partial charge in [-0.3, -0.25) is 14.5 Å². The van der Waals surface area contributed by atoms with Gasteiger partial charge in [0.15, 0.2) is 0 Å². The van der Waals surface area contributed by atoms with E-state index in [9.17, 15) is 14.7 Å². The number of ether oxygens (including phenoxy) is 2. The number of likely N-dealkylation sites (tertiary alicyclic amines) is 1. The lowest BCUT2D eigenvalue weighted by atomic mass is 9.95. The highest BCUT2D eigenvalue weighted by Crippen LogP contribution is 2.39. The summed E-state index contributed by atoms with van der Waals surface area (Å²) in [5.74, 6) is -0.775. The molecular weight excluding hydrogens is 476 g/mol. The quantitative estimate of drug-likeness (QED) is 0.372. The molecule has 168 valence electrons. The molecule has 1 atom stereocenters. The molecule has 2 saturated heterocycles. The highest BCUT2D eigenvalue weighted by molar-refractivity contribution is 9.10. The van der Waals surface area contributed by atoms with E-state index in [4.69, 9.17) is 9.47 Å².